The normalized spacial score (nSPS) is 11.9. The van der Waals surface area contributed by atoms with E-state index in [9.17, 15) is 0 Å². The van der Waals surface area contributed by atoms with E-state index < -0.39 is 3.79 Å². The van der Waals surface area contributed by atoms with Gasteiger partial charge in [-0.3, -0.25) is 5.10 Å². The first-order valence-electron chi connectivity index (χ1n) is 2.03. The Morgan fingerprint density at radius 2 is 2.11 bits per heavy atom. The van der Waals surface area contributed by atoms with E-state index in [0.717, 1.165) is 0 Å². The average Bonchev–Trinajstić information content (AvgIpc) is 2.08. The summed E-state index contributed by atoms with van der Waals surface area (Å²) >= 11 is 16.2. The lowest BCUT2D eigenvalue weighted by Crippen LogP contribution is -2.02. The molecule has 1 aromatic heterocycles. The molecule has 9 heavy (non-hydrogen) atoms. The summed E-state index contributed by atoms with van der Waals surface area (Å²) in [5.41, 5.74) is 0. The molecule has 0 radical (unpaired) electrons. The highest BCUT2D eigenvalue weighted by molar-refractivity contribution is 6.66. The fourth-order valence-electron chi connectivity index (χ4n) is 0.342. The standard InChI is InChI=1S/C3H2Cl3N3/c4-3(5,6)2-7-1-8-9-2/h1H,(H,7,8,9). The van der Waals surface area contributed by atoms with Gasteiger partial charge in [-0.2, -0.15) is 5.10 Å². The maximum Gasteiger partial charge on any atom is 0.249 e. The molecule has 1 heterocycles. The smallest absolute Gasteiger partial charge is 0.249 e. The summed E-state index contributed by atoms with van der Waals surface area (Å²) in [5, 5.41) is 5.92. The molecule has 0 bridgehead atoms. The van der Waals surface area contributed by atoms with Crippen molar-refractivity contribution in [3.63, 3.8) is 0 Å². The first-order chi connectivity index (χ1) is 4.11. The van der Waals surface area contributed by atoms with Crippen LogP contribution in [0.15, 0.2) is 6.33 Å². The van der Waals surface area contributed by atoms with Crippen LogP contribution in [0.1, 0.15) is 5.82 Å². The molecule has 1 N–H and O–H groups in total. The lowest BCUT2D eigenvalue weighted by molar-refractivity contribution is 0.974. The van der Waals surface area contributed by atoms with Crippen LogP contribution in [0, 0.1) is 0 Å². The summed E-state index contributed by atoms with van der Waals surface area (Å²) in [6.45, 7) is 0. The zero-order valence-corrected chi connectivity index (χ0v) is 6.37. The van der Waals surface area contributed by atoms with Crippen molar-refractivity contribution in [3.8, 4) is 0 Å². The van der Waals surface area contributed by atoms with E-state index in [0.29, 0.717) is 0 Å². The van der Waals surface area contributed by atoms with Crippen LogP contribution in [0.5, 0.6) is 0 Å². The fourth-order valence-corrected chi connectivity index (χ4v) is 0.615. The van der Waals surface area contributed by atoms with Crippen LogP contribution in [0.3, 0.4) is 0 Å². The Labute approximate surface area is 66.3 Å². The monoisotopic (exact) mass is 185 g/mol. The van der Waals surface area contributed by atoms with Crippen molar-refractivity contribution in [2.75, 3.05) is 0 Å². The molecule has 0 fully saturated rings. The van der Waals surface area contributed by atoms with Crippen LogP contribution in [0.2, 0.25) is 0 Å². The number of H-pyrrole nitrogens is 1. The zero-order valence-electron chi connectivity index (χ0n) is 4.11. The van der Waals surface area contributed by atoms with Crippen molar-refractivity contribution < 1.29 is 0 Å². The average molecular weight is 186 g/mol. The van der Waals surface area contributed by atoms with Crippen molar-refractivity contribution in [1.82, 2.24) is 15.2 Å². The van der Waals surface area contributed by atoms with Gasteiger partial charge in [0.05, 0.1) is 0 Å². The number of aromatic nitrogens is 3. The van der Waals surface area contributed by atoms with Gasteiger partial charge in [0.2, 0.25) is 3.79 Å². The van der Waals surface area contributed by atoms with E-state index in [2.05, 4.69) is 15.2 Å². The van der Waals surface area contributed by atoms with Crippen LogP contribution in [-0.2, 0) is 3.79 Å². The molecule has 0 aromatic carbocycles. The highest BCUT2D eigenvalue weighted by atomic mass is 35.6. The van der Waals surface area contributed by atoms with Gasteiger partial charge >= 0.3 is 0 Å². The third-order valence-corrected chi connectivity index (χ3v) is 1.22. The number of nitrogens with zero attached hydrogens (tertiary/aromatic N) is 2. The molecule has 0 spiro atoms. The fraction of sp³-hybridized carbons (Fsp3) is 0.333. The van der Waals surface area contributed by atoms with Crippen LogP contribution in [0.25, 0.3) is 0 Å². The van der Waals surface area contributed by atoms with Crippen LogP contribution < -0.4 is 0 Å². The zero-order chi connectivity index (χ0) is 6.91. The first kappa shape index (κ1) is 7.12. The minimum Gasteiger partial charge on any atom is -0.260 e. The van der Waals surface area contributed by atoms with Gasteiger partial charge in [-0.15, -0.1) is 0 Å². The van der Waals surface area contributed by atoms with Crippen LogP contribution >= 0.6 is 34.8 Å². The lowest BCUT2D eigenvalue weighted by atomic mass is 10.7. The number of nitrogens with one attached hydrogen (secondary N) is 1. The van der Waals surface area contributed by atoms with Crippen molar-refractivity contribution in [2.45, 2.75) is 3.79 Å². The van der Waals surface area contributed by atoms with Gasteiger partial charge in [0.25, 0.3) is 0 Å². The van der Waals surface area contributed by atoms with E-state index in [1.807, 2.05) is 0 Å². The number of hydrogen-bond acceptors (Lipinski definition) is 2. The molecule has 0 atom stereocenters. The van der Waals surface area contributed by atoms with Crippen molar-refractivity contribution in [2.24, 2.45) is 0 Å². The molecular formula is C3H2Cl3N3. The van der Waals surface area contributed by atoms with Crippen LogP contribution in [0.4, 0.5) is 0 Å². The van der Waals surface area contributed by atoms with E-state index >= 15 is 0 Å². The molecule has 0 saturated heterocycles. The molecule has 1 rings (SSSR count). The molecule has 0 aliphatic rings. The summed E-state index contributed by atoms with van der Waals surface area (Å²) in [6.07, 6.45) is 1.28. The maximum absolute atomic E-state index is 5.40. The molecule has 0 saturated carbocycles. The van der Waals surface area contributed by atoms with Crippen molar-refractivity contribution >= 4 is 34.8 Å². The third kappa shape index (κ3) is 1.71. The summed E-state index contributed by atoms with van der Waals surface area (Å²) in [7, 11) is 0. The van der Waals surface area contributed by atoms with Gasteiger partial charge in [-0.25, -0.2) is 4.98 Å². The molecule has 0 amide bonds. The van der Waals surface area contributed by atoms with Gasteiger partial charge in [-0.1, -0.05) is 34.8 Å². The largest absolute Gasteiger partial charge is 0.260 e. The van der Waals surface area contributed by atoms with E-state index in [1.54, 1.807) is 0 Å². The van der Waals surface area contributed by atoms with Gasteiger partial charge in [-0.05, 0) is 0 Å². The minimum atomic E-state index is -1.49. The van der Waals surface area contributed by atoms with Gasteiger partial charge < -0.3 is 0 Å². The Morgan fingerprint density at radius 1 is 1.44 bits per heavy atom. The highest BCUT2D eigenvalue weighted by Gasteiger charge is 2.25. The van der Waals surface area contributed by atoms with E-state index in [1.165, 1.54) is 6.33 Å². The Hall–Kier alpha value is 0.01000. The molecule has 0 unspecified atom stereocenters. The number of rotatable bonds is 0. The summed E-state index contributed by atoms with van der Waals surface area (Å²) in [5.74, 6) is 0.229. The van der Waals surface area contributed by atoms with E-state index in [4.69, 9.17) is 34.8 Å². The minimum absolute atomic E-state index is 0.229. The molecular weight excluding hydrogens is 184 g/mol. The molecule has 1 aromatic rings. The quantitative estimate of drug-likeness (QED) is 0.626. The van der Waals surface area contributed by atoms with Gasteiger partial charge in [0, 0.05) is 0 Å². The topological polar surface area (TPSA) is 41.6 Å². The summed E-state index contributed by atoms with van der Waals surface area (Å²) < 4.78 is -1.49. The number of alkyl halides is 3. The predicted molar refractivity (Wildman–Crippen MR) is 35.6 cm³/mol. The second kappa shape index (κ2) is 2.33. The second-order valence-corrected chi connectivity index (χ2v) is 3.61. The Balaban J connectivity index is 2.90. The van der Waals surface area contributed by atoms with Gasteiger partial charge in [0.1, 0.15) is 6.33 Å². The molecule has 0 aliphatic heterocycles. The van der Waals surface area contributed by atoms with Gasteiger partial charge in [0.15, 0.2) is 5.82 Å². The van der Waals surface area contributed by atoms with Crippen molar-refractivity contribution in [1.29, 1.82) is 0 Å². The third-order valence-electron chi connectivity index (χ3n) is 0.684. The second-order valence-electron chi connectivity index (χ2n) is 1.33. The molecule has 3 nitrogen and oxygen atoms in total. The molecule has 6 heteroatoms. The first-order valence-corrected chi connectivity index (χ1v) is 3.16. The Bertz CT molecular complexity index is 177. The van der Waals surface area contributed by atoms with Crippen LogP contribution in [-0.4, -0.2) is 15.2 Å². The summed E-state index contributed by atoms with van der Waals surface area (Å²) in [6, 6.07) is 0. The lowest BCUT2D eigenvalue weighted by Gasteiger charge is -2.03. The predicted octanol–water partition coefficient (Wildman–Crippen LogP) is 1.63. The van der Waals surface area contributed by atoms with Crippen molar-refractivity contribution in [3.05, 3.63) is 12.2 Å². The molecule has 0 aliphatic carbocycles. The Morgan fingerprint density at radius 3 is 2.33 bits per heavy atom. The number of aromatic amines is 1. The summed E-state index contributed by atoms with van der Waals surface area (Å²) in [4.78, 5) is 3.62. The van der Waals surface area contributed by atoms with E-state index in [-0.39, 0.29) is 5.82 Å². The Kier molecular flexibility index (Phi) is 1.84. The number of hydrogen-bond donors (Lipinski definition) is 1. The molecule has 50 valence electrons. The SMILES string of the molecule is ClC(Cl)(Cl)c1ncn[nH]1. The highest BCUT2D eigenvalue weighted by Crippen LogP contribution is 2.34. The number of halogens is 3. The maximum atomic E-state index is 5.40.